The normalized spacial score (nSPS) is 12.2. The molecule has 1 atom stereocenters. The van der Waals surface area contributed by atoms with Gasteiger partial charge in [-0.15, -0.1) is 0 Å². The van der Waals surface area contributed by atoms with Crippen LogP contribution >= 0.6 is 0 Å². The third kappa shape index (κ3) is 5.28. The predicted octanol–water partition coefficient (Wildman–Crippen LogP) is 0.119. The van der Waals surface area contributed by atoms with Crippen LogP contribution < -0.4 is 10.9 Å². The highest BCUT2D eigenvalue weighted by molar-refractivity contribution is 5.94. The number of carboxylic acids is 1. The van der Waals surface area contributed by atoms with Gasteiger partial charge in [0, 0.05) is 13.2 Å². The van der Waals surface area contributed by atoms with Gasteiger partial charge in [0.1, 0.15) is 11.7 Å². The number of aliphatic carboxylic acids is 1. The fourth-order valence-electron chi connectivity index (χ4n) is 1.83. The minimum Gasteiger partial charge on any atom is -0.480 e. The number of carboxylic acid groups (broad SMARTS) is 1. The Balaban J connectivity index is 2.88. The molecule has 0 aromatic carbocycles. The molecule has 1 aromatic heterocycles. The van der Waals surface area contributed by atoms with Crippen LogP contribution in [0.5, 0.6) is 0 Å². The zero-order valence-corrected chi connectivity index (χ0v) is 12.9. The smallest absolute Gasteiger partial charge is 0.326 e. The number of carbonyl (C=O) groups excluding carboxylic acids is 1. The van der Waals surface area contributed by atoms with E-state index in [9.17, 15) is 14.4 Å². The number of rotatable bonds is 8. The molecule has 122 valence electrons. The van der Waals surface area contributed by atoms with E-state index in [0.29, 0.717) is 6.42 Å². The van der Waals surface area contributed by atoms with Crippen molar-refractivity contribution in [1.29, 1.82) is 0 Å². The lowest BCUT2D eigenvalue weighted by Gasteiger charge is -2.16. The van der Waals surface area contributed by atoms with Crippen LogP contribution in [0.25, 0.3) is 0 Å². The molecule has 0 bridgehead atoms. The third-order valence-electron chi connectivity index (χ3n) is 2.92. The molecule has 22 heavy (non-hydrogen) atoms. The van der Waals surface area contributed by atoms with Crippen molar-refractivity contribution >= 4 is 11.9 Å². The first kappa shape index (κ1) is 17.8. The maximum absolute atomic E-state index is 12.1. The lowest BCUT2D eigenvalue weighted by Crippen LogP contribution is -2.42. The van der Waals surface area contributed by atoms with Crippen molar-refractivity contribution in [1.82, 2.24) is 15.1 Å². The Hall–Kier alpha value is -2.22. The summed E-state index contributed by atoms with van der Waals surface area (Å²) in [6, 6.07) is 1.50. The molecular formula is C14H21N3O5. The van der Waals surface area contributed by atoms with Crippen molar-refractivity contribution in [3.8, 4) is 0 Å². The Morgan fingerprint density at radius 2 is 2.09 bits per heavy atom. The first-order valence-electron chi connectivity index (χ1n) is 6.96. The number of nitrogens with zero attached hydrogens (tertiary/aromatic N) is 2. The summed E-state index contributed by atoms with van der Waals surface area (Å²) in [7, 11) is 1.49. The van der Waals surface area contributed by atoms with Crippen LogP contribution in [-0.4, -0.2) is 46.5 Å². The van der Waals surface area contributed by atoms with E-state index in [-0.39, 0.29) is 30.3 Å². The quantitative estimate of drug-likeness (QED) is 0.705. The van der Waals surface area contributed by atoms with Crippen LogP contribution in [0.4, 0.5) is 0 Å². The zero-order valence-electron chi connectivity index (χ0n) is 12.9. The highest BCUT2D eigenvalue weighted by Crippen LogP contribution is 2.06. The Bertz CT molecular complexity index is 582. The second-order valence-corrected chi connectivity index (χ2v) is 5.27. The topological polar surface area (TPSA) is 111 Å². The predicted molar refractivity (Wildman–Crippen MR) is 78.7 cm³/mol. The van der Waals surface area contributed by atoms with Crippen LogP contribution in [0.2, 0.25) is 0 Å². The molecule has 2 N–H and O–H groups in total. The average molecular weight is 311 g/mol. The summed E-state index contributed by atoms with van der Waals surface area (Å²) in [5.74, 6) is -1.61. The summed E-state index contributed by atoms with van der Waals surface area (Å²) in [5, 5.41) is 15.5. The molecule has 8 heteroatoms. The lowest BCUT2D eigenvalue weighted by molar-refractivity contribution is -0.139. The van der Waals surface area contributed by atoms with Gasteiger partial charge in [-0.05, 0) is 18.4 Å². The third-order valence-corrected chi connectivity index (χ3v) is 2.92. The van der Waals surface area contributed by atoms with Crippen molar-refractivity contribution in [3.63, 3.8) is 0 Å². The highest BCUT2D eigenvalue weighted by atomic mass is 16.5. The van der Waals surface area contributed by atoms with Crippen LogP contribution in [0.3, 0.4) is 0 Å². The molecule has 1 amide bonds. The van der Waals surface area contributed by atoms with E-state index >= 15 is 0 Å². The molecule has 0 saturated heterocycles. The van der Waals surface area contributed by atoms with E-state index in [2.05, 4.69) is 10.4 Å². The molecule has 0 aliphatic carbocycles. The zero-order chi connectivity index (χ0) is 16.7. The summed E-state index contributed by atoms with van der Waals surface area (Å²) < 4.78 is 5.97. The molecule has 1 rings (SSSR count). The van der Waals surface area contributed by atoms with Gasteiger partial charge in [0.15, 0.2) is 0 Å². The number of nitrogens with one attached hydrogen (secondary N) is 1. The number of methoxy groups -OCH3 is 1. The van der Waals surface area contributed by atoms with Crippen LogP contribution in [0, 0.1) is 5.92 Å². The van der Waals surface area contributed by atoms with Gasteiger partial charge in [-0.25, -0.2) is 9.48 Å². The summed E-state index contributed by atoms with van der Waals surface area (Å²) in [4.78, 5) is 34.8. The van der Waals surface area contributed by atoms with Crippen molar-refractivity contribution in [2.75, 3.05) is 13.7 Å². The Labute approximate surface area is 128 Å². The SMILES string of the molecule is COCCn1nc(C(=O)N[C@H](CC(C)C)C(=O)O)ccc1=O. The molecule has 0 aliphatic rings. The molecule has 0 aliphatic heterocycles. The van der Waals surface area contributed by atoms with Crippen molar-refractivity contribution < 1.29 is 19.4 Å². The van der Waals surface area contributed by atoms with Gasteiger partial charge in [0.25, 0.3) is 11.5 Å². The number of hydrogen-bond donors (Lipinski definition) is 2. The van der Waals surface area contributed by atoms with Crippen molar-refractivity contribution in [3.05, 3.63) is 28.2 Å². The Morgan fingerprint density at radius 1 is 1.41 bits per heavy atom. The fraction of sp³-hybridized carbons (Fsp3) is 0.571. The van der Waals surface area contributed by atoms with Crippen molar-refractivity contribution in [2.45, 2.75) is 32.9 Å². The van der Waals surface area contributed by atoms with Gasteiger partial charge < -0.3 is 15.2 Å². The van der Waals surface area contributed by atoms with Crippen LogP contribution in [-0.2, 0) is 16.1 Å². The molecule has 1 heterocycles. The summed E-state index contributed by atoms with van der Waals surface area (Å²) in [5.41, 5.74) is -0.365. The van der Waals surface area contributed by atoms with Crippen LogP contribution in [0.1, 0.15) is 30.8 Å². The minimum atomic E-state index is -1.10. The maximum Gasteiger partial charge on any atom is 0.326 e. The van der Waals surface area contributed by atoms with E-state index in [1.807, 2.05) is 13.8 Å². The van der Waals surface area contributed by atoms with E-state index in [4.69, 9.17) is 9.84 Å². The molecular weight excluding hydrogens is 290 g/mol. The molecule has 0 saturated carbocycles. The fourth-order valence-corrected chi connectivity index (χ4v) is 1.83. The first-order valence-corrected chi connectivity index (χ1v) is 6.96. The largest absolute Gasteiger partial charge is 0.480 e. The number of ether oxygens (including phenoxy) is 1. The number of carbonyl (C=O) groups is 2. The monoisotopic (exact) mass is 311 g/mol. The van der Waals surface area contributed by atoms with Crippen molar-refractivity contribution in [2.24, 2.45) is 5.92 Å². The first-order chi connectivity index (χ1) is 10.3. The van der Waals surface area contributed by atoms with Gasteiger partial charge in [0.05, 0.1) is 13.2 Å². The Kier molecular flexibility index (Phi) is 6.71. The molecule has 1 aromatic rings. The van der Waals surface area contributed by atoms with Gasteiger partial charge in [-0.2, -0.15) is 5.10 Å². The maximum atomic E-state index is 12.1. The van der Waals surface area contributed by atoms with Gasteiger partial charge >= 0.3 is 5.97 Å². The standard InChI is InChI=1S/C14H21N3O5/c1-9(2)8-11(14(20)21)15-13(19)10-4-5-12(18)17(16-10)6-7-22-3/h4-5,9,11H,6-8H2,1-3H3,(H,15,19)(H,20,21)/t11-/m1/s1. The Morgan fingerprint density at radius 3 is 2.64 bits per heavy atom. The minimum absolute atomic E-state index is 0.00860. The van der Waals surface area contributed by atoms with E-state index in [0.717, 1.165) is 4.68 Å². The molecule has 0 radical (unpaired) electrons. The number of amides is 1. The van der Waals surface area contributed by atoms with E-state index in [1.165, 1.54) is 19.2 Å². The van der Waals surface area contributed by atoms with Gasteiger partial charge in [0.2, 0.25) is 0 Å². The van der Waals surface area contributed by atoms with Gasteiger partial charge in [-0.1, -0.05) is 13.8 Å². The number of aromatic nitrogens is 2. The second kappa shape index (κ2) is 8.28. The average Bonchev–Trinajstić information content (AvgIpc) is 2.45. The van der Waals surface area contributed by atoms with E-state index < -0.39 is 17.9 Å². The van der Waals surface area contributed by atoms with Gasteiger partial charge in [-0.3, -0.25) is 9.59 Å². The summed E-state index contributed by atoms with van der Waals surface area (Å²) in [6.07, 6.45) is 0.310. The summed E-state index contributed by atoms with van der Waals surface area (Å²) in [6.45, 7) is 4.23. The van der Waals surface area contributed by atoms with Crippen LogP contribution in [0.15, 0.2) is 16.9 Å². The molecule has 0 unspecified atom stereocenters. The molecule has 0 fully saturated rings. The molecule has 0 spiro atoms. The molecule has 8 nitrogen and oxygen atoms in total. The summed E-state index contributed by atoms with van der Waals surface area (Å²) >= 11 is 0. The lowest BCUT2D eigenvalue weighted by atomic mass is 10.0. The highest BCUT2D eigenvalue weighted by Gasteiger charge is 2.22. The van der Waals surface area contributed by atoms with E-state index in [1.54, 1.807) is 0 Å². The second-order valence-electron chi connectivity index (χ2n) is 5.27. The number of hydrogen-bond acceptors (Lipinski definition) is 5.